The van der Waals surface area contributed by atoms with E-state index in [1.807, 2.05) is 6.92 Å². The molecule has 5 N–H and O–H groups in total. The lowest BCUT2D eigenvalue weighted by molar-refractivity contribution is -0.123. The molecule has 5 nitrogen and oxygen atoms in total. The Balaban J connectivity index is 3.63. The van der Waals surface area contributed by atoms with Crippen LogP contribution < -0.4 is 11.1 Å². The molecule has 0 heterocycles. The van der Waals surface area contributed by atoms with Crippen molar-refractivity contribution >= 4 is 5.91 Å². The molecule has 0 saturated heterocycles. The van der Waals surface area contributed by atoms with Gasteiger partial charge in [-0.25, -0.2) is 0 Å². The molecule has 0 aliphatic rings. The molecule has 84 valence electrons. The van der Waals surface area contributed by atoms with Gasteiger partial charge in [0.1, 0.15) is 0 Å². The summed E-state index contributed by atoms with van der Waals surface area (Å²) in [5, 5.41) is 21.2. The minimum Gasteiger partial charge on any atom is -0.393 e. The fourth-order valence-electron chi connectivity index (χ4n) is 1.19. The number of rotatable bonds is 7. The topological polar surface area (TPSA) is 95.6 Å². The second kappa shape index (κ2) is 7.73. The molecular formula is C9H20N2O3. The monoisotopic (exact) mass is 204 g/mol. The van der Waals surface area contributed by atoms with E-state index >= 15 is 0 Å². The molecule has 0 aromatic carbocycles. The van der Waals surface area contributed by atoms with E-state index in [4.69, 9.17) is 5.73 Å². The van der Waals surface area contributed by atoms with Crippen LogP contribution in [0, 0.1) is 0 Å². The van der Waals surface area contributed by atoms with Crippen molar-refractivity contribution in [3.63, 3.8) is 0 Å². The van der Waals surface area contributed by atoms with Crippen LogP contribution >= 0.6 is 0 Å². The molecule has 0 radical (unpaired) electrons. The van der Waals surface area contributed by atoms with Crippen molar-refractivity contribution in [2.45, 2.75) is 38.4 Å². The first kappa shape index (κ1) is 13.4. The zero-order valence-electron chi connectivity index (χ0n) is 8.57. The summed E-state index contributed by atoms with van der Waals surface area (Å²) in [5.74, 6) is -0.194. The van der Waals surface area contributed by atoms with E-state index in [1.54, 1.807) is 0 Å². The van der Waals surface area contributed by atoms with E-state index in [9.17, 15) is 15.0 Å². The van der Waals surface area contributed by atoms with E-state index in [2.05, 4.69) is 5.32 Å². The summed E-state index contributed by atoms with van der Waals surface area (Å²) in [4.78, 5) is 11.0. The molecule has 0 bridgehead atoms. The molecule has 0 aliphatic carbocycles. The highest BCUT2D eigenvalue weighted by atomic mass is 16.3. The van der Waals surface area contributed by atoms with Crippen molar-refractivity contribution in [1.29, 1.82) is 0 Å². The van der Waals surface area contributed by atoms with Crippen molar-refractivity contribution in [2.75, 3.05) is 13.1 Å². The summed E-state index contributed by atoms with van der Waals surface area (Å²) in [6.45, 7) is 2.75. The predicted molar refractivity (Wildman–Crippen MR) is 53.6 cm³/mol. The Morgan fingerprint density at radius 3 is 2.57 bits per heavy atom. The average Bonchev–Trinajstić information content (AvgIpc) is 2.03. The van der Waals surface area contributed by atoms with Crippen LogP contribution in [-0.2, 0) is 4.79 Å². The molecule has 14 heavy (non-hydrogen) atoms. The Labute approximate surface area is 84.3 Å². The third-order valence-electron chi connectivity index (χ3n) is 1.84. The highest BCUT2D eigenvalue weighted by molar-refractivity contribution is 5.76. The average molecular weight is 204 g/mol. The predicted octanol–water partition coefficient (Wildman–Crippen LogP) is -1.03. The van der Waals surface area contributed by atoms with E-state index in [0.717, 1.165) is 0 Å². The quantitative estimate of drug-likeness (QED) is 0.426. The first-order valence-electron chi connectivity index (χ1n) is 4.93. The highest BCUT2D eigenvalue weighted by Crippen LogP contribution is 2.04. The van der Waals surface area contributed by atoms with Gasteiger partial charge in [0.15, 0.2) is 0 Å². The van der Waals surface area contributed by atoms with Crippen LogP contribution in [-0.4, -0.2) is 41.4 Å². The van der Waals surface area contributed by atoms with Gasteiger partial charge in [-0.3, -0.25) is 4.79 Å². The number of aliphatic hydroxyl groups is 2. The number of nitrogens with two attached hydrogens (primary N) is 1. The smallest absolute Gasteiger partial charge is 0.222 e. The van der Waals surface area contributed by atoms with Crippen LogP contribution in [0.4, 0.5) is 0 Å². The van der Waals surface area contributed by atoms with E-state index < -0.39 is 12.2 Å². The summed E-state index contributed by atoms with van der Waals surface area (Å²) in [6, 6.07) is 0. The van der Waals surface area contributed by atoms with Crippen molar-refractivity contribution in [1.82, 2.24) is 5.32 Å². The molecule has 0 rings (SSSR count). The fraction of sp³-hybridized carbons (Fsp3) is 0.889. The summed E-state index contributed by atoms with van der Waals surface area (Å²) in [5.41, 5.74) is 5.23. The Hall–Kier alpha value is -0.650. The van der Waals surface area contributed by atoms with Crippen LogP contribution in [0.25, 0.3) is 0 Å². The molecule has 0 fully saturated rings. The van der Waals surface area contributed by atoms with E-state index in [1.165, 1.54) is 0 Å². The summed E-state index contributed by atoms with van der Waals surface area (Å²) in [6.07, 6.45) is -0.719. The van der Waals surface area contributed by atoms with E-state index in [-0.39, 0.29) is 18.7 Å². The fourth-order valence-corrected chi connectivity index (χ4v) is 1.19. The molecule has 0 saturated carbocycles. The molecule has 5 heteroatoms. The molecule has 0 aromatic rings. The number of aliphatic hydroxyl groups excluding tert-OH is 2. The van der Waals surface area contributed by atoms with Gasteiger partial charge in [-0.1, -0.05) is 0 Å². The van der Waals surface area contributed by atoms with Gasteiger partial charge in [-0.05, 0) is 26.3 Å². The van der Waals surface area contributed by atoms with Crippen LogP contribution in [0.15, 0.2) is 0 Å². The lowest BCUT2D eigenvalue weighted by Gasteiger charge is -2.14. The third-order valence-corrected chi connectivity index (χ3v) is 1.84. The first-order valence-corrected chi connectivity index (χ1v) is 4.93. The molecular weight excluding hydrogens is 184 g/mol. The Morgan fingerprint density at radius 1 is 1.43 bits per heavy atom. The number of hydrogen-bond donors (Lipinski definition) is 4. The van der Waals surface area contributed by atoms with E-state index in [0.29, 0.717) is 19.5 Å². The maximum atomic E-state index is 11.0. The maximum absolute atomic E-state index is 11.0. The summed E-state index contributed by atoms with van der Waals surface area (Å²) < 4.78 is 0. The van der Waals surface area contributed by atoms with Gasteiger partial charge in [0.05, 0.1) is 18.6 Å². The maximum Gasteiger partial charge on any atom is 0.222 e. The lowest BCUT2D eigenvalue weighted by Crippen LogP contribution is -2.29. The van der Waals surface area contributed by atoms with Crippen LogP contribution in [0.2, 0.25) is 0 Å². The second-order valence-corrected chi connectivity index (χ2v) is 3.28. The van der Waals surface area contributed by atoms with Gasteiger partial charge in [0.25, 0.3) is 0 Å². The number of hydrogen-bond acceptors (Lipinski definition) is 4. The molecule has 0 aromatic heterocycles. The molecule has 0 spiro atoms. The first-order chi connectivity index (χ1) is 6.60. The van der Waals surface area contributed by atoms with Crippen molar-refractivity contribution in [3.8, 4) is 0 Å². The largest absolute Gasteiger partial charge is 0.393 e. The minimum absolute atomic E-state index is 0.0372. The Morgan fingerprint density at radius 2 is 2.07 bits per heavy atom. The number of carbonyl (C=O) groups is 1. The zero-order chi connectivity index (χ0) is 11.0. The van der Waals surface area contributed by atoms with Crippen molar-refractivity contribution in [3.05, 3.63) is 0 Å². The van der Waals surface area contributed by atoms with Gasteiger partial charge in [-0.2, -0.15) is 0 Å². The van der Waals surface area contributed by atoms with Gasteiger partial charge >= 0.3 is 0 Å². The second-order valence-electron chi connectivity index (χ2n) is 3.28. The third kappa shape index (κ3) is 6.82. The normalized spacial score (nSPS) is 14.9. The molecule has 1 amide bonds. The standard InChI is InChI=1S/C9H20N2O3/c1-2-11-9(14)6-8(13)5-7(12)3-4-10/h7-8,12-13H,2-6,10H2,1H3,(H,11,14)/t7-,8-/m1/s1. The van der Waals surface area contributed by atoms with Gasteiger partial charge in [-0.15, -0.1) is 0 Å². The SMILES string of the molecule is CCNC(=O)C[C@H](O)C[C@H](O)CCN. The Kier molecular flexibility index (Phi) is 7.37. The number of nitrogens with one attached hydrogen (secondary N) is 1. The molecule has 0 aliphatic heterocycles. The Bertz CT molecular complexity index is 164. The molecule has 2 atom stereocenters. The van der Waals surface area contributed by atoms with Gasteiger partial charge in [0, 0.05) is 6.54 Å². The minimum atomic E-state index is -0.789. The van der Waals surface area contributed by atoms with Gasteiger partial charge < -0.3 is 21.3 Å². The van der Waals surface area contributed by atoms with Crippen LogP contribution in [0.3, 0.4) is 0 Å². The van der Waals surface area contributed by atoms with Crippen molar-refractivity contribution in [2.24, 2.45) is 5.73 Å². The summed E-state index contributed by atoms with van der Waals surface area (Å²) >= 11 is 0. The zero-order valence-corrected chi connectivity index (χ0v) is 8.57. The highest BCUT2D eigenvalue weighted by Gasteiger charge is 2.14. The van der Waals surface area contributed by atoms with Gasteiger partial charge in [0.2, 0.25) is 5.91 Å². The number of carbonyl (C=O) groups excluding carboxylic acids is 1. The molecule has 0 unspecified atom stereocenters. The van der Waals surface area contributed by atoms with Crippen LogP contribution in [0.1, 0.15) is 26.2 Å². The summed E-state index contributed by atoms with van der Waals surface area (Å²) in [7, 11) is 0. The number of amides is 1. The van der Waals surface area contributed by atoms with Crippen molar-refractivity contribution < 1.29 is 15.0 Å². The van der Waals surface area contributed by atoms with Crippen LogP contribution in [0.5, 0.6) is 0 Å². The lowest BCUT2D eigenvalue weighted by atomic mass is 10.1.